The molecule has 0 saturated carbocycles. The Morgan fingerprint density at radius 1 is 1.00 bits per heavy atom. The van der Waals surface area contributed by atoms with Crippen molar-refractivity contribution in [3.05, 3.63) is 53.6 Å². The lowest BCUT2D eigenvalue weighted by Gasteiger charge is -2.14. The monoisotopic (exact) mass is 356 g/mol. The number of amides is 2. The zero-order chi connectivity index (χ0) is 19.1. The van der Waals surface area contributed by atoms with Gasteiger partial charge in [0.2, 0.25) is 0 Å². The number of rotatable bonds is 7. The topological polar surface area (TPSA) is 76.7 Å². The molecule has 6 heteroatoms. The second kappa shape index (κ2) is 8.89. The van der Waals surface area contributed by atoms with Crippen LogP contribution in [-0.2, 0) is 0 Å². The van der Waals surface area contributed by atoms with Gasteiger partial charge in [0.25, 0.3) is 11.8 Å². The lowest BCUT2D eigenvalue weighted by Crippen LogP contribution is -2.22. The molecule has 2 N–H and O–H groups in total. The zero-order valence-electron chi connectivity index (χ0n) is 15.5. The first-order chi connectivity index (χ1) is 12.4. The number of hydrogen-bond acceptors (Lipinski definition) is 4. The number of ether oxygens (including phenoxy) is 2. The van der Waals surface area contributed by atoms with Gasteiger partial charge in [-0.2, -0.15) is 0 Å². The van der Waals surface area contributed by atoms with E-state index in [1.165, 1.54) is 7.11 Å². The number of carbonyl (C=O) groups excluding carboxylic acids is 2. The third-order valence-electron chi connectivity index (χ3n) is 3.51. The molecule has 0 radical (unpaired) electrons. The van der Waals surface area contributed by atoms with E-state index in [1.54, 1.807) is 42.5 Å². The summed E-state index contributed by atoms with van der Waals surface area (Å²) in [7, 11) is 1.53. The van der Waals surface area contributed by atoms with E-state index in [2.05, 4.69) is 10.6 Å². The number of nitrogens with one attached hydrogen (secondary N) is 2. The van der Waals surface area contributed by atoms with Gasteiger partial charge in [0.05, 0.1) is 13.2 Å². The first-order valence-electron chi connectivity index (χ1n) is 8.49. The van der Waals surface area contributed by atoms with Crippen LogP contribution >= 0.6 is 0 Å². The molecule has 2 amide bonds. The van der Waals surface area contributed by atoms with Crippen molar-refractivity contribution in [2.45, 2.75) is 26.9 Å². The van der Waals surface area contributed by atoms with E-state index in [0.717, 1.165) is 0 Å². The highest BCUT2D eigenvalue weighted by molar-refractivity contribution is 6.05. The van der Waals surface area contributed by atoms with Crippen LogP contribution in [0.1, 0.15) is 41.5 Å². The molecule has 2 rings (SSSR count). The minimum atomic E-state index is -0.299. The summed E-state index contributed by atoms with van der Waals surface area (Å²) in [6.45, 7) is 6.23. The Morgan fingerprint density at radius 3 is 2.38 bits per heavy atom. The van der Waals surface area contributed by atoms with Crippen LogP contribution in [-0.4, -0.2) is 31.6 Å². The van der Waals surface area contributed by atoms with E-state index in [9.17, 15) is 9.59 Å². The molecule has 2 aromatic carbocycles. The van der Waals surface area contributed by atoms with Crippen LogP contribution in [0.15, 0.2) is 42.5 Å². The number of benzene rings is 2. The number of hydrogen-bond donors (Lipinski definition) is 2. The maximum Gasteiger partial charge on any atom is 0.255 e. The van der Waals surface area contributed by atoms with Gasteiger partial charge < -0.3 is 20.1 Å². The molecule has 26 heavy (non-hydrogen) atoms. The molecule has 138 valence electrons. The highest BCUT2D eigenvalue weighted by Crippen LogP contribution is 2.29. The molecule has 0 atom stereocenters. The minimum absolute atomic E-state index is 0.000540. The van der Waals surface area contributed by atoms with Gasteiger partial charge in [-0.15, -0.1) is 0 Å². The van der Waals surface area contributed by atoms with Gasteiger partial charge in [-0.25, -0.2) is 0 Å². The SMILES string of the molecule is CCNC(=O)c1cccc(NC(=O)c2ccc(OC(C)C)c(OC)c2)c1. The van der Waals surface area contributed by atoms with Crippen LogP contribution in [0.25, 0.3) is 0 Å². The zero-order valence-corrected chi connectivity index (χ0v) is 15.5. The molecular weight excluding hydrogens is 332 g/mol. The van der Waals surface area contributed by atoms with Gasteiger partial charge in [0.15, 0.2) is 11.5 Å². The van der Waals surface area contributed by atoms with Crippen molar-refractivity contribution in [2.75, 3.05) is 19.0 Å². The van der Waals surface area contributed by atoms with E-state index < -0.39 is 0 Å². The molecule has 0 aromatic heterocycles. The Morgan fingerprint density at radius 2 is 1.73 bits per heavy atom. The molecule has 0 aliphatic heterocycles. The quantitative estimate of drug-likeness (QED) is 0.796. The van der Waals surface area contributed by atoms with Crippen LogP contribution in [0, 0.1) is 0 Å². The predicted molar refractivity (Wildman–Crippen MR) is 101 cm³/mol. The van der Waals surface area contributed by atoms with Crippen molar-refractivity contribution < 1.29 is 19.1 Å². The fourth-order valence-electron chi connectivity index (χ4n) is 2.36. The fraction of sp³-hybridized carbons (Fsp3) is 0.300. The summed E-state index contributed by atoms with van der Waals surface area (Å²) in [5.74, 6) is 0.590. The Kier molecular flexibility index (Phi) is 6.60. The predicted octanol–water partition coefficient (Wildman–Crippen LogP) is 3.48. The van der Waals surface area contributed by atoms with Crippen LogP contribution in [0.5, 0.6) is 11.5 Å². The standard InChI is InChI=1S/C20H24N2O4/c1-5-21-19(23)14-7-6-8-16(11-14)22-20(24)15-9-10-17(26-13(2)3)18(12-15)25-4/h6-13H,5H2,1-4H3,(H,21,23)(H,22,24). The van der Waals surface area contributed by atoms with Crippen molar-refractivity contribution in [2.24, 2.45) is 0 Å². The average Bonchev–Trinajstić information content (AvgIpc) is 2.62. The number of carbonyl (C=O) groups is 2. The second-order valence-corrected chi connectivity index (χ2v) is 5.93. The number of anilines is 1. The smallest absolute Gasteiger partial charge is 0.255 e. The molecule has 0 aliphatic rings. The molecule has 2 aromatic rings. The Balaban J connectivity index is 2.17. The Labute approximate surface area is 153 Å². The maximum atomic E-state index is 12.5. The highest BCUT2D eigenvalue weighted by Gasteiger charge is 2.13. The van der Waals surface area contributed by atoms with Gasteiger partial charge in [-0.05, 0) is 57.2 Å². The molecule has 0 fully saturated rings. The number of methoxy groups -OCH3 is 1. The third-order valence-corrected chi connectivity index (χ3v) is 3.51. The Bertz CT molecular complexity index is 787. The minimum Gasteiger partial charge on any atom is -0.493 e. The molecule has 6 nitrogen and oxygen atoms in total. The largest absolute Gasteiger partial charge is 0.493 e. The molecule has 0 unspecified atom stereocenters. The van der Waals surface area contributed by atoms with Crippen LogP contribution in [0.3, 0.4) is 0 Å². The van der Waals surface area contributed by atoms with Crippen molar-refractivity contribution in [1.82, 2.24) is 5.32 Å². The Hall–Kier alpha value is -3.02. The lowest BCUT2D eigenvalue weighted by molar-refractivity contribution is 0.0954. The van der Waals surface area contributed by atoms with E-state index >= 15 is 0 Å². The van der Waals surface area contributed by atoms with Crippen molar-refractivity contribution >= 4 is 17.5 Å². The summed E-state index contributed by atoms with van der Waals surface area (Å²) in [5.41, 5.74) is 1.46. The summed E-state index contributed by atoms with van der Waals surface area (Å²) in [5, 5.41) is 5.52. The fourth-order valence-corrected chi connectivity index (χ4v) is 2.36. The lowest BCUT2D eigenvalue weighted by atomic mass is 10.1. The van der Waals surface area contributed by atoms with Gasteiger partial charge >= 0.3 is 0 Å². The second-order valence-electron chi connectivity index (χ2n) is 5.93. The average molecular weight is 356 g/mol. The van der Waals surface area contributed by atoms with Crippen LogP contribution < -0.4 is 20.1 Å². The van der Waals surface area contributed by atoms with Crippen molar-refractivity contribution in [3.63, 3.8) is 0 Å². The molecule has 0 spiro atoms. The van der Waals surface area contributed by atoms with Crippen molar-refractivity contribution in [1.29, 1.82) is 0 Å². The molecule has 0 aliphatic carbocycles. The summed E-state index contributed by atoms with van der Waals surface area (Å²) < 4.78 is 11.0. The summed E-state index contributed by atoms with van der Waals surface area (Å²) >= 11 is 0. The first-order valence-corrected chi connectivity index (χ1v) is 8.49. The van der Waals surface area contributed by atoms with Crippen LogP contribution in [0.4, 0.5) is 5.69 Å². The molecular formula is C20H24N2O4. The van der Waals surface area contributed by atoms with Gasteiger partial charge in [-0.3, -0.25) is 9.59 Å². The molecule has 0 bridgehead atoms. The van der Waals surface area contributed by atoms with E-state index in [-0.39, 0.29) is 17.9 Å². The molecule has 0 saturated heterocycles. The summed E-state index contributed by atoms with van der Waals surface area (Å²) in [6, 6.07) is 11.8. The van der Waals surface area contributed by atoms with E-state index in [0.29, 0.717) is 34.9 Å². The van der Waals surface area contributed by atoms with Gasteiger partial charge in [0, 0.05) is 23.4 Å². The van der Waals surface area contributed by atoms with Gasteiger partial charge in [0.1, 0.15) is 0 Å². The first kappa shape index (κ1) is 19.3. The highest BCUT2D eigenvalue weighted by atomic mass is 16.5. The normalized spacial score (nSPS) is 10.3. The van der Waals surface area contributed by atoms with E-state index in [1.807, 2.05) is 20.8 Å². The maximum absolute atomic E-state index is 12.5. The van der Waals surface area contributed by atoms with Crippen molar-refractivity contribution in [3.8, 4) is 11.5 Å². The van der Waals surface area contributed by atoms with Gasteiger partial charge in [-0.1, -0.05) is 6.07 Å². The van der Waals surface area contributed by atoms with Crippen LogP contribution in [0.2, 0.25) is 0 Å². The summed E-state index contributed by atoms with van der Waals surface area (Å²) in [4.78, 5) is 24.4. The summed E-state index contributed by atoms with van der Waals surface area (Å²) in [6.07, 6.45) is 0.000540. The van der Waals surface area contributed by atoms with E-state index in [4.69, 9.17) is 9.47 Å². The third kappa shape index (κ3) is 4.99. The molecule has 0 heterocycles.